The monoisotopic (exact) mass is 177 g/mol. The van der Waals surface area contributed by atoms with Crippen molar-refractivity contribution in [3.63, 3.8) is 0 Å². The highest BCUT2D eigenvalue weighted by Crippen LogP contribution is 2.12. The highest BCUT2D eigenvalue weighted by molar-refractivity contribution is 5.47. The number of nitrogens with one attached hydrogen (secondary N) is 1. The molecule has 1 aromatic carbocycles. The summed E-state index contributed by atoms with van der Waals surface area (Å²) in [6.45, 7) is 4.09. The molecule has 0 radical (unpaired) electrons. The Morgan fingerprint density at radius 2 is 2.00 bits per heavy atom. The lowest BCUT2D eigenvalue weighted by molar-refractivity contribution is -0.110. The maximum absolute atomic E-state index is 10.2. The van der Waals surface area contributed by atoms with E-state index in [0.29, 0.717) is 0 Å². The predicted octanol–water partition coefficient (Wildman–Crippen LogP) is 2.06. The fourth-order valence-electron chi connectivity index (χ4n) is 1.24. The van der Waals surface area contributed by atoms with Crippen LogP contribution in [0.2, 0.25) is 0 Å². The third kappa shape index (κ3) is 2.58. The Labute approximate surface area is 79.0 Å². The zero-order valence-corrected chi connectivity index (χ0v) is 8.08. The normalized spacial score (nSPS) is 12.2. The third-order valence-electron chi connectivity index (χ3n) is 2.21. The quantitative estimate of drug-likeness (QED) is 0.701. The lowest BCUT2D eigenvalue weighted by Gasteiger charge is -2.10. The van der Waals surface area contributed by atoms with Gasteiger partial charge in [0.25, 0.3) is 0 Å². The molecule has 0 spiro atoms. The van der Waals surface area contributed by atoms with Crippen LogP contribution in [0.4, 0.5) is 0 Å². The van der Waals surface area contributed by atoms with Crippen LogP contribution in [0, 0.1) is 0 Å². The summed E-state index contributed by atoms with van der Waals surface area (Å²) in [4.78, 5) is 10.2. The highest BCUT2D eigenvalue weighted by atomic mass is 16.1. The number of rotatable bonds is 4. The fraction of sp³-hybridized carbons (Fsp3) is 0.364. The van der Waals surface area contributed by atoms with E-state index >= 15 is 0 Å². The van der Waals surface area contributed by atoms with Crippen molar-refractivity contribution in [3.05, 3.63) is 35.4 Å². The molecule has 0 fully saturated rings. The lowest BCUT2D eigenvalue weighted by atomic mass is 10.1. The van der Waals surface area contributed by atoms with Crippen molar-refractivity contribution in [2.45, 2.75) is 26.3 Å². The number of carbonyl (C=O) groups excluding carboxylic acids is 1. The molecule has 70 valence electrons. The van der Waals surface area contributed by atoms with Crippen molar-refractivity contribution in [2.75, 3.05) is 0 Å². The summed E-state index contributed by atoms with van der Waals surface area (Å²) in [6, 6.07) is 8.40. The molecule has 0 saturated heterocycles. The van der Waals surface area contributed by atoms with Gasteiger partial charge in [0.15, 0.2) is 0 Å². The van der Waals surface area contributed by atoms with Gasteiger partial charge >= 0.3 is 0 Å². The van der Waals surface area contributed by atoms with Gasteiger partial charge in [-0.25, -0.2) is 0 Å². The number of carbonyl (C=O) groups is 1. The number of aryl methyl sites for hydroxylation is 1. The van der Waals surface area contributed by atoms with E-state index in [1.54, 1.807) is 0 Å². The van der Waals surface area contributed by atoms with Crippen LogP contribution in [-0.2, 0) is 11.2 Å². The molecular weight excluding hydrogens is 162 g/mol. The summed E-state index contributed by atoms with van der Waals surface area (Å²) in [5, 5.41) is 2.72. The minimum Gasteiger partial charge on any atom is -0.352 e. The second-order valence-electron chi connectivity index (χ2n) is 3.10. The highest BCUT2D eigenvalue weighted by Gasteiger charge is 2.01. The van der Waals surface area contributed by atoms with Gasteiger partial charge in [-0.3, -0.25) is 4.79 Å². The summed E-state index contributed by atoms with van der Waals surface area (Å²) in [7, 11) is 0. The smallest absolute Gasteiger partial charge is 0.207 e. The van der Waals surface area contributed by atoms with E-state index in [4.69, 9.17) is 0 Å². The fourth-order valence-corrected chi connectivity index (χ4v) is 1.24. The van der Waals surface area contributed by atoms with Crippen LogP contribution in [0.3, 0.4) is 0 Å². The van der Waals surface area contributed by atoms with Gasteiger partial charge in [0.05, 0.1) is 6.04 Å². The van der Waals surface area contributed by atoms with Crippen LogP contribution in [0.15, 0.2) is 24.3 Å². The zero-order chi connectivity index (χ0) is 9.68. The van der Waals surface area contributed by atoms with Crippen molar-refractivity contribution in [2.24, 2.45) is 0 Å². The first kappa shape index (κ1) is 9.78. The molecule has 0 heterocycles. The van der Waals surface area contributed by atoms with Crippen LogP contribution < -0.4 is 5.32 Å². The maximum Gasteiger partial charge on any atom is 0.207 e. The molecule has 0 bridgehead atoms. The minimum atomic E-state index is 0.100. The molecule has 0 aromatic heterocycles. The van der Waals surface area contributed by atoms with E-state index < -0.39 is 0 Å². The number of amides is 1. The molecule has 2 nitrogen and oxygen atoms in total. The zero-order valence-electron chi connectivity index (χ0n) is 8.08. The average Bonchev–Trinajstić information content (AvgIpc) is 2.18. The van der Waals surface area contributed by atoms with Gasteiger partial charge in [0.1, 0.15) is 0 Å². The van der Waals surface area contributed by atoms with Crippen molar-refractivity contribution < 1.29 is 4.79 Å². The van der Waals surface area contributed by atoms with Crippen LogP contribution in [0.1, 0.15) is 31.0 Å². The molecule has 13 heavy (non-hydrogen) atoms. The van der Waals surface area contributed by atoms with E-state index in [1.165, 1.54) is 5.56 Å². The Kier molecular flexibility index (Phi) is 3.50. The molecule has 2 heteroatoms. The molecule has 1 N–H and O–H groups in total. The SMILES string of the molecule is CCc1ccc(C(C)NC=O)cc1. The van der Waals surface area contributed by atoms with E-state index in [1.807, 2.05) is 6.92 Å². The second-order valence-corrected chi connectivity index (χ2v) is 3.10. The van der Waals surface area contributed by atoms with Crippen molar-refractivity contribution in [1.29, 1.82) is 0 Å². The Hall–Kier alpha value is -1.31. The van der Waals surface area contributed by atoms with Gasteiger partial charge in [-0.2, -0.15) is 0 Å². The predicted molar refractivity (Wildman–Crippen MR) is 53.4 cm³/mol. The van der Waals surface area contributed by atoms with Gasteiger partial charge < -0.3 is 5.32 Å². The average molecular weight is 177 g/mol. The Morgan fingerprint density at radius 1 is 1.38 bits per heavy atom. The molecule has 1 rings (SSSR count). The second kappa shape index (κ2) is 4.65. The summed E-state index contributed by atoms with van der Waals surface area (Å²) in [5.41, 5.74) is 2.46. The lowest BCUT2D eigenvalue weighted by Crippen LogP contribution is -2.15. The molecule has 0 saturated carbocycles. The van der Waals surface area contributed by atoms with Gasteiger partial charge in [-0.15, -0.1) is 0 Å². The van der Waals surface area contributed by atoms with Crippen LogP contribution in [-0.4, -0.2) is 6.41 Å². The van der Waals surface area contributed by atoms with Crippen molar-refractivity contribution >= 4 is 6.41 Å². The number of benzene rings is 1. The van der Waals surface area contributed by atoms with Crippen LogP contribution >= 0.6 is 0 Å². The molecule has 1 unspecified atom stereocenters. The van der Waals surface area contributed by atoms with Gasteiger partial charge in [0, 0.05) is 0 Å². The Bertz CT molecular complexity index is 266. The van der Waals surface area contributed by atoms with Crippen LogP contribution in [0.25, 0.3) is 0 Å². The molecule has 1 aromatic rings. The molecule has 0 aliphatic rings. The van der Waals surface area contributed by atoms with Crippen molar-refractivity contribution in [1.82, 2.24) is 5.32 Å². The molecular formula is C11H15NO. The standard InChI is InChI=1S/C11H15NO/c1-3-10-4-6-11(7-5-10)9(2)12-8-13/h4-9H,3H2,1-2H3,(H,12,13). The number of hydrogen-bond acceptors (Lipinski definition) is 1. The van der Waals surface area contributed by atoms with E-state index in [-0.39, 0.29) is 6.04 Å². The summed E-state index contributed by atoms with van der Waals surface area (Å²) in [5.74, 6) is 0. The summed E-state index contributed by atoms with van der Waals surface area (Å²) in [6.07, 6.45) is 1.79. The number of hydrogen-bond donors (Lipinski definition) is 1. The van der Waals surface area contributed by atoms with Gasteiger partial charge in [-0.05, 0) is 24.5 Å². The summed E-state index contributed by atoms with van der Waals surface area (Å²) < 4.78 is 0. The first-order chi connectivity index (χ1) is 6.27. The first-order valence-electron chi connectivity index (χ1n) is 4.56. The summed E-state index contributed by atoms with van der Waals surface area (Å²) >= 11 is 0. The molecule has 1 amide bonds. The largest absolute Gasteiger partial charge is 0.352 e. The third-order valence-corrected chi connectivity index (χ3v) is 2.21. The van der Waals surface area contributed by atoms with Crippen molar-refractivity contribution in [3.8, 4) is 0 Å². The molecule has 0 aliphatic carbocycles. The first-order valence-corrected chi connectivity index (χ1v) is 4.56. The Balaban J connectivity index is 2.73. The van der Waals surface area contributed by atoms with E-state index in [2.05, 4.69) is 36.5 Å². The topological polar surface area (TPSA) is 29.1 Å². The molecule has 1 atom stereocenters. The van der Waals surface area contributed by atoms with E-state index in [9.17, 15) is 4.79 Å². The van der Waals surface area contributed by atoms with E-state index in [0.717, 1.165) is 18.4 Å². The molecule has 0 aliphatic heterocycles. The van der Waals surface area contributed by atoms with Gasteiger partial charge in [-0.1, -0.05) is 31.2 Å². The van der Waals surface area contributed by atoms with Crippen LogP contribution in [0.5, 0.6) is 0 Å². The minimum absolute atomic E-state index is 0.100. The Morgan fingerprint density at radius 3 is 2.46 bits per heavy atom. The van der Waals surface area contributed by atoms with Gasteiger partial charge in [0.2, 0.25) is 6.41 Å². The maximum atomic E-state index is 10.2.